The molecule has 0 N–H and O–H groups in total. The summed E-state index contributed by atoms with van der Waals surface area (Å²) < 4.78 is 0. The highest BCUT2D eigenvalue weighted by Crippen LogP contribution is 2.09. The van der Waals surface area contributed by atoms with E-state index in [0.29, 0.717) is 4.79 Å². The van der Waals surface area contributed by atoms with Crippen LogP contribution in [0, 0.1) is 27.2 Å². The van der Waals surface area contributed by atoms with Gasteiger partial charge in [0.1, 0.15) is 10.8 Å². The second kappa shape index (κ2) is 2.57. The lowest BCUT2D eigenvalue weighted by Crippen LogP contribution is -2.11. The smallest absolute Gasteiger partial charge is 0.358 e. The maximum absolute atomic E-state index is 10.1. The first-order valence-corrected chi connectivity index (χ1v) is 2.88. The zero-order valence-corrected chi connectivity index (χ0v) is 6.00. The largest absolute Gasteiger partial charge is 0.394 e. The first-order chi connectivity index (χ1) is 5.52. The summed E-state index contributed by atoms with van der Waals surface area (Å²) in [4.78, 5) is 19.8. The van der Waals surface area contributed by atoms with Crippen molar-refractivity contribution >= 4 is 5.82 Å². The van der Waals surface area contributed by atoms with Crippen molar-refractivity contribution in [1.29, 1.82) is 0 Å². The van der Waals surface area contributed by atoms with Crippen LogP contribution in [0.1, 0.15) is 5.69 Å². The minimum Gasteiger partial charge on any atom is -0.358 e. The summed E-state index contributed by atoms with van der Waals surface area (Å²) in [5, 5.41) is 22.5. The zero-order valence-electron chi connectivity index (χ0n) is 6.00. The molecule has 0 aliphatic rings. The van der Waals surface area contributed by atoms with Crippen molar-refractivity contribution in [1.82, 2.24) is 9.89 Å². The Morgan fingerprint density at radius 3 is 2.33 bits per heavy atom. The molecule has 1 aromatic heterocycles. The molecule has 0 fully saturated rings. The van der Waals surface area contributed by atoms with E-state index >= 15 is 0 Å². The fraction of sp³-hybridized carbons (Fsp3) is 0.250. The number of hydrogen-bond donors (Lipinski definition) is 0. The summed E-state index contributed by atoms with van der Waals surface area (Å²) >= 11 is 0. The second-order valence-electron chi connectivity index (χ2n) is 2.03. The van der Waals surface area contributed by atoms with Crippen molar-refractivity contribution < 1.29 is 9.96 Å². The van der Waals surface area contributed by atoms with Crippen molar-refractivity contribution in [2.75, 3.05) is 0 Å². The van der Waals surface area contributed by atoms with Gasteiger partial charge in [-0.25, -0.2) is 0 Å². The van der Waals surface area contributed by atoms with Crippen molar-refractivity contribution in [3.8, 4) is 0 Å². The van der Waals surface area contributed by atoms with Crippen molar-refractivity contribution in [2.24, 2.45) is 0 Å². The minimum atomic E-state index is -0.831. The van der Waals surface area contributed by atoms with E-state index in [9.17, 15) is 20.2 Å². The summed E-state index contributed by atoms with van der Waals surface area (Å²) in [6.07, 6.45) is 0. The van der Waals surface area contributed by atoms with Crippen LogP contribution in [0.25, 0.3) is 0 Å². The van der Waals surface area contributed by atoms with E-state index in [1.54, 1.807) is 0 Å². The third-order valence-corrected chi connectivity index (χ3v) is 1.19. The van der Waals surface area contributed by atoms with E-state index in [1.807, 2.05) is 0 Å². The van der Waals surface area contributed by atoms with Gasteiger partial charge in [0, 0.05) is 4.79 Å². The third kappa shape index (κ3) is 1.21. The quantitative estimate of drug-likeness (QED) is 0.466. The molecule has 0 aromatic carbocycles. The SMILES string of the molecule is Cc1cc([N+](=O)[O-])nn1[N+](=O)[O-]. The van der Waals surface area contributed by atoms with E-state index in [-0.39, 0.29) is 5.69 Å². The lowest BCUT2D eigenvalue weighted by atomic mass is 10.5. The maximum atomic E-state index is 10.1. The first-order valence-electron chi connectivity index (χ1n) is 2.88. The van der Waals surface area contributed by atoms with E-state index in [4.69, 9.17) is 0 Å². The number of aryl methyl sites for hydroxylation is 1. The van der Waals surface area contributed by atoms with Gasteiger partial charge in [-0.2, -0.15) is 0 Å². The van der Waals surface area contributed by atoms with Crippen LogP contribution >= 0.6 is 0 Å². The summed E-state index contributed by atoms with van der Waals surface area (Å²) in [6.45, 7) is 1.36. The molecule has 0 amide bonds. The predicted molar refractivity (Wildman–Crippen MR) is 36.0 cm³/mol. The van der Waals surface area contributed by atoms with E-state index < -0.39 is 15.8 Å². The maximum Gasteiger partial charge on any atom is 0.394 e. The van der Waals surface area contributed by atoms with Gasteiger partial charge < -0.3 is 20.2 Å². The van der Waals surface area contributed by atoms with Gasteiger partial charge in [-0.1, -0.05) is 0 Å². The number of aromatic nitrogens is 2. The molecule has 1 heterocycles. The van der Waals surface area contributed by atoms with Crippen LogP contribution < -0.4 is 0 Å². The standard InChI is InChI=1S/C4H4N4O4/c1-3-2-4(7(9)10)5-6(3)8(11)12/h2H,1H3. The minimum absolute atomic E-state index is 0.117. The van der Waals surface area contributed by atoms with Gasteiger partial charge in [0.05, 0.1) is 11.1 Å². The van der Waals surface area contributed by atoms with Crippen LogP contribution in [-0.2, 0) is 0 Å². The van der Waals surface area contributed by atoms with Crippen LogP contribution in [-0.4, -0.2) is 19.8 Å². The normalized spacial score (nSPS) is 9.75. The summed E-state index contributed by atoms with van der Waals surface area (Å²) in [5.41, 5.74) is 0.117. The van der Waals surface area contributed by atoms with Crippen LogP contribution in [0.5, 0.6) is 0 Å². The molecule has 12 heavy (non-hydrogen) atoms. The number of nitrogens with zero attached hydrogens (tertiary/aromatic N) is 4. The molecule has 8 nitrogen and oxygen atoms in total. The van der Waals surface area contributed by atoms with Gasteiger partial charge in [0.2, 0.25) is 0 Å². The van der Waals surface area contributed by atoms with Crippen LogP contribution in [0.4, 0.5) is 5.82 Å². The van der Waals surface area contributed by atoms with E-state index in [2.05, 4.69) is 5.10 Å². The average molecular weight is 172 g/mol. The highest BCUT2D eigenvalue weighted by atomic mass is 16.7. The Hall–Kier alpha value is -1.99. The van der Waals surface area contributed by atoms with E-state index in [0.717, 1.165) is 6.07 Å². The molecule has 0 saturated carbocycles. The van der Waals surface area contributed by atoms with Crippen LogP contribution in [0.3, 0.4) is 0 Å². The summed E-state index contributed by atoms with van der Waals surface area (Å²) in [5.74, 6) is -0.524. The van der Waals surface area contributed by atoms with Crippen molar-refractivity contribution in [2.45, 2.75) is 6.92 Å². The lowest BCUT2D eigenvalue weighted by molar-refractivity contribution is -0.555. The highest BCUT2D eigenvalue weighted by Gasteiger charge is 2.18. The van der Waals surface area contributed by atoms with Crippen LogP contribution in [0.2, 0.25) is 0 Å². The predicted octanol–water partition coefficient (Wildman–Crippen LogP) is 0.140. The molecule has 8 heteroatoms. The fourth-order valence-corrected chi connectivity index (χ4v) is 0.704. The molecule has 0 bridgehead atoms. The topological polar surface area (TPSA) is 104 Å². The monoisotopic (exact) mass is 172 g/mol. The lowest BCUT2D eigenvalue weighted by Gasteiger charge is -1.90. The molecule has 0 aliphatic carbocycles. The molecule has 1 aromatic rings. The molecule has 0 atom stereocenters. The van der Waals surface area contributed by atoms with Crippen LogP contribution in [0.15, 0.2) is 6.07 Å². The molecular weight excluding hydrogens is 168 g/mol. The molecule has 0 unspecified atom stereocenters. The van der Waals surface area contributed by atoms with Gasteiger partial charge in [0.15, 0.2) is 0 Å². The Kier molecular flexibility index (Phi) is 1.73. The van der Waals surface area contributed by atoms with Gasteiger partial charge in [-0.3, -0.25) is 0 Å². The highest BCUT2D eigenvalue weighted by molar-refractivity contribution is 5.19. The van der Waals surface area contributed by atoms with Crippen molar-refractivity contribution in [3.63, 3.8) is 0 Å². The van der Waals surface area contributed by atoms with Gasteiger partial charge in [-0.15, -0.1) is 0 Å². The molecule has 0 spiro atoms. The third-order valence-electron chi connectivity index (χ3n) is 1.19. The van der Waals surface area contributed by atoms with Gasteiger partial charge >= 0.3 is 5.82 Å². The molecule has 1 rings (SSSR count). The second-order valence-corrected chi connectivity index (χ2v) is 2.03. The number of hydrogen-bond acceptors (Lipinski definition) is 5. The molecule has 64 valence electrons. The Balaban J connectivity index is 3.17. The van der Waals surface area contributed by atoms with Gasteiger partial charge in [0.25, 0.3) is 0 Å². The summed E-state index contributed by atoms with van der Waals surface area (Å²) in [7, 11) is 0. The molecule has 0 radical (unpaired) electrons. The number of rotatable bonds is 2. The zero-order chi connectivity index (χ0) is 9.30. The van der Waals surface area contributed by atoms with Gasteiger partial charge in [-0.05, 0) is 11.8 Å². The molecule has 0 aliphatic heterocycles. The van der Waals surface area contributed by atoms with E-state index in [1.165, 1.54) is 6.92 Å². The molecule has 0 saturated heterocycles. The average Bonchev–Trinajstić information content (AvgIpc) is 2.30. The molecular formula is C4H4N4O4. The summed E-state index contributed by atoms with van der Waals surface area (Å²) in [6, 6.07) is 1.03. The Morgan fingerprint density at radius 1 is 1.50 bits per heavy atom. The Bertz CT molecular complexity index is 343. The Morgan fingerprint density at radius 2 is 2.08 bits per heavy atom. The number of nitro groups is 2. The van der Waals surface area contributed by atoms with Crippen molar-refractivity contribution in [3.05, 3.63) is 32.0 Å². The fourth-order valence-electron chi connectivity index (χ4n) is 0.704. The Labute approximate surface area is 65.7 Å². The first kappa shape index (κ1) is 8.11.